The van der Waals surface area contributed by atoms with Crippen molar-refractivity contribution in [1.29, 1.82) is 0 Å². The Morgan fingerprint density at radius 3 is 2.79 bits per heavy atom. The van der Waals surface area contributed by atoms with Gasteiger partial charge in [0.25, 0.3) is 0 Å². The molecule has 4 rings (SSSR count). The average Bonchev–Trinajstić information content (AvgIpc) is 3.07. The van der Waals surface area contributed by atoms with Crippen LogP contribution in [0.15, 0.2) is 61.3 Å². The second kappa shape index (κ2) is 7.87. The fourth-order valence-electron chi connectivity index (χ4n) is 3.42. The van der Waals surface area contributed by atoms with E-state index in [1.165, 1.54) is 5.56 Å². The van der Waals surface area contributed by atoms with E-state index in [2.05, 4.69) is 49.0 Å². The molecule has 0 aliphatic carbocycles. The molecule has 0 saturated heterocycles. The largest absolute Gasteiger partial charge is 0.491 e. The third kappa shape index (κ3) is 3.64. The maximum Gasteiger partial charge on any atom is 0.126 e. The van der Waals surface area contributed by atoms with E-state index in [9.17, 15) is 0 Å². The number of hydrogen-bond donors (Lipinski definition) is 0. The molecular formula is C24H24N2O2. The van der Waals surface area contributed by atoms with Crippen LogP contribution in [0.25, 0.3) is 22.8 Å². The van der Waals surface area contributed by atoms with Crippen molar-refractivity contribution >= 4 is 11.6 Å². The van der Waals surface area contributed by atoms with E-state index in [0.717, 1.165) is 39.3 Å². The molecule has 28 heavy (non-hydrogen) atoms. The van der Waals surface area contributed by atoms with Crippen molar-refractivity contribution in [2.75, 3.05) is 13.2 Å². The van der Waals surface area contributed by atoms with Crippen molar-refractivity contribution in [1.82, 2.24) is 9.78 Å². The predicted molar refractivity (Wildman–Crippen MR) is 113 cm³/mol. The second-order valence-electron chi connectivity index (χ2n) is 6.96. The maximum absolute atomic E-state index is 5.94. The highest BCUT2D eigenvalue weighted by Crippen LogP contribution is 2.30. The summed E-state index contributed by atoms with van der Waals surface area (Å²) in [4.78, 5) is 0. The molecule has 1 aliphatic rings. The molecule has 3 aromatic rings. The molecule has 0 radical (unpaired) electrons. The fourth-order valence-corrected chi connectivity index (χ4v) is 3.42. The van der Waals surface area contributed by atoms with Crippen LogP contribution in [-0.2, 0) is 18.4 Å². The van der Waals surface area contributed by atoms with E-state index >= 15 is 0 Å². The Kier molecular flexibility index (Phi) is 5.13. The van der Waals surface area contributed by atoms with Gasteiger partial charge in [0, 0.05) is 18.2 Å². The van der Waals surface area contributed by atoms with E-state index in [0.29, 0.717) is 19.8 Å². The van der Waals surface area contributed by atoms with Crippen LogP contribution in [0.3, 0.4) is 0 Å². The molecule has 0 spiro atoms. The van der Waals surface area contributed by atoms with Gasteiger partial charge in [-0.3, -0.25) is 4.68 Å². The van der Waals surface area contributed by atoms with Crippen LogP contribution >= 0.6 is 0 Å². The highest BCUT2D eigenvalue weighted by atomic mass is 16.5. The van der Waals surface area contributed by atoms with Gasteiger partial charge in [-0.25, -0.2) is 0 Å². The van der Waals surface area contributed by atoms with E-state index in [1.54, 1.807) is 0 Å². The summed E-state index contributed by atoms with van der Waals surface area (Å²) in [5, 5.41) is 4.44. The van der Waals surface area contributed by atoms with Gasteiger partial charge in [0.1, 0.15) is 12.4 Å². The summed E-state index contributed by atoms with van der Waals surface area (Å²) in [5.41, 5.74) is 7.55. The molecule has 0 saturated carbocycles. The summed E-state index contributed by atoms with van der Waals surface area (Å²) in [6.07, 6.45) is 6.00. The Morgan fingerprint density at radius 1 is 1.04 bits per heavy atom. The zero-order valence-corrected chi connectivity index (χ0v) is 16.3. The Morgan fingerprint density at radius 2 is 1.89 bits per heavy atom. The molecular weight excluding hydrogens is 348 g/mol. The number of nitrogens with zero attached hydrogens (tertiary/aromatic N) is 2. The Balaban J connectivity index is 1.79. The van der Waals surface area contributed by atoms with Crippen LogP contribution in [-0.4, -0.2) is 23.0 Å². The molecule has 4 heteroatoms. The van der Waals surface area contributed by atoms with Crippen molar-refractivity contribution < 1.29 is 9.47 Å². The van der Waals surface area contributed by atoms with E-state index in [1.807, 2.05) is 42.2 Å². The Hall–Kier alpha value is -3.11. The van der Waals surface area contributed by atoms with Gasteiger partial charge >= 0.3 is 0 Å². The minimum atomic E-state index is 0.485. The first-order chi connectivity index (χ1) is 13.6. The summed E-state index contributed by atoms with van der Waals surface area (Å²) < 4.78 is 13.7. The van der Waals surface area contributed by atoms with Crippen LogP contribution in [0.1, 0.15) is 22.4 Å². The van der Waals surface area contributed by atoms with Gasteiger partial charge in [-0.2, -0.15) is 5.10 Å². The zero-order valence-electron chi connectivity index (χ0n) is 16.3. The van der Waals surface area contributed by atoms with Crippen LogP contribution in [0.5, 0.6) is 5.75 Å². The topological polar surface area (TPSA) is 36.3 Å². The molecule has 1 aromatic heterocycles. The van der Waals surface area contributed by atoms with Gasteiger partial charge in [-0.15, -0.1) is 0 Å². The summed E-state index contributed by atoms with van der Waals surface area (Å²) >= 11 is 0. The zero-order chi connectivity index (χ0) is 19.5. The lowest BCUT2D eigenvalue weighted by Crippen LogP contribution is -2.09. The fraction of sp³-hybridized carbons (Fsp3) is 0.208. The first kappa shape index (κ1) is 18.3. The molecule has 0 unspecified atom stereocenters. The maximum atomic E-state index is 5.94. The number of aryl methyl sites for hydroxylation is 2. The minimum absolute atomic E-state index is 0.485. The number of rotatable bonds is 0. The number of hydrogen-bond acceptors (Lipinski definition) is 3. The first-order valence-electron chi connectivity index (χ1n) is 9.42. The molecule has 1 aliphatic heterocycles. The normalized spacial score (nSPS) is 15.6. The average molecular weight is 372 g/mol. The van der Waals surface area contributed by atoms with Gasteiger partial charge in [-0.1, -0.05) is 49.1 Å². The summed E-state index contributed by atoms with van der Waals surface area (Å²) in [6, 6.07) is 14.5. The third-order valence-corrected chi connectivity index (χ3v) is 5.06. The molecule has 2 aromatic carbocycles. The van der Waals surface area contributed by atoms with Gasteiger partial charge in [0.2, 0.25) is 0 Å². The van der Waals surface area contributed by atoms with Gasteiger partial charge in [-0.05, 0) is 41.3 Å². The molecule has 0 N–H and O–H groups in total. The molecule has 142 valence electrons. The van der Waals surface area contributed by atoms with Gasteiger partial charge < -0.3 is 9.47 Å². The number of para-hydroxylation sites is 1. The molecule has 4 nitrogen and oxygen atoms in total. The molecule has 0 atom stereocenters. The number of allylic oxidation sites excluding steroid dienone is 2. The monoisotopic (exact) mass is 372 g/mol. The summed E-state index contributed by atoms with van der Waals surface area (Å²) in [7, 11) is 1.94. The standard InChI is InChI=1S/C24H24N2O2/c1-17-8-10-19-6-4-5-7-24(19)28-13-12-27-16-23-22(15-25-26(23)3)20-11-9-18(2)21(17)14-20/h4-11,14-15H,1,12-13,16H2,2-3H3/b10-8+. The second-order valence-corrected chi connectivity index (χ2v) is 6.96. The third-order valence-electron chi connectivity index (χ3n) is 5.06. The summed E-state index contributed by atoms with van der Waals surface area (Å²) in [5.74, 6) is 0.844. The molecule has 0 amide bonds. The van der Waals surface area contributed by atoms with Crippen LogP contribution < -0.4 is 4.74 Å². The smallest absolute Gasteiger partial charge is 0.126 e. The molecule has 2 bridgehead atoms. The van der Waals surface area contributed by atoms with Crippen molar-refractivity contribution in [2.45, 2.75) is 13.5 Å². The molecule has 2 heterocycles. The minimum Gasteiger partial charge on any atom is -0.491 e. The predicted octanol–water partition coefficient (Wildman–Crippen LogP) is 5.03. The highest BCUT2D eigenvalue weighted by Gasteiger charge is 2.13. The lowest BCUT2D eigenvalue weighted by atomic mass is 9.95. The lowest BCUT2D eigenvalue weighted by Gasteiger charge is -2.11. The Labute approximate surface area is 165 Å². The van der Waals surface area contributed by atoms with Gasteiger partial charge in [0.15, 0.2) is 0 Å². The quantitative estimate of drug-likeness (QED) is 0.555. The molecule has 0 fully saturated rings. The van der Waals surface area contributed by atoms with Crippen molar-refractivity contribution in [3.63, 3.8) is 0 Å². The van der Waals surface area contributed by atoms with Crippen molar-refractivity contribution in [3.05, 3.63) is 83.7 Å². The van der Waals surface area contributed by atoms with Crippen LogP contribution in [0.2, 0.25) is 0 Å². The number of fused-ring (bicyclic) bond motifs is 5. The Bertz CT molecular complexity index is 1050. The lowest BCUT2D eigenvalue weighted by molar-refractivity contribution is 0.0853. The SMILES string of the molecule is C=C1/C=C/c2ccccc2OCCOCc2c(cnn2C)-c2ccc(C)c1c2. The highest BCUT2D eigenvalue weighted by molar-refractivity contribution is 5.82. The summed E-state index contributed by atoms with van der Waals surface area (Å²) in [6.45, 7) is 7.89. The van der Waals surface area contributed by atoms with Crippen LogP contribution in [0.4, 0.5) is 0 Å². The van der Waals surface area contributed by atoms with Crippen LogP contribution in [0, 0.1) is 6.92 Å². The van der Waals surface area contributed by atoms with E-state index in [4.69, 9.17) is 9.47 Å². The number of benzene rings is 2. The number of ether oxygens (including phenoxy) is 2. The van der Waals surface area contributed by atoms with Crippen molar-refractivity contribution in [2.24, 2.45) is 7.05 Å². The number of aromatic nitrogens is 2. The first-order valence-corrected chi connectivity index (χ1v) is 9.42. The van der Waals surface area contributed by atoms with Gasteiger partial charge in [0.05, 0.1) is 25.1 Å². The van der Waals surface area contributed by atoms with E-state index < -0.39 is 0 Å². The van der Waals surface area contributed by atoms with Crippen molar-refractivity contribution in [3.8, 4) is 16.9 Å². The van der Waals surface area contributed by atoms with E-state index in [-0.39, 0.29) is 0 Å².